The number of esters is 2. The highest BCUT2D eigenvalue weighted by molar-refractivity contribution is 9.10. The van der Waals surface area contributed by atoms with Crippen LogP contribution in [-0.4, -0.2) is 126 Å². The number of hydrogen-bond acceptors (Lipinski definition) is 18. The van der Waals surface area contributed by atoms with Crippen LogP contribution in [0, 0.1) is 27.7 Å². The Hall–Kier alpha value is -6.58. The van der Waals surface area contributed by atoms with Gasteiger partial charge < -0.3 is 48.7 Å². The Morgan fingerprint density at radius 3 is 1.55 bits per heavy atom. The number of nitrogens with zero attached hydrogens (tertiary/aromatic N) is 8. The second-order valence-corrected chi connectivity index (χ2v) is 19.9. The molecule has 6 aromatic rings. The molecule has 0 amide bonds. The van der Waals surface area contributed by atoms with Crippen LogP contribution in [-0.2, 0) is 28.3 Å². The first-order chi connectivity index (χ1) is 35.4. The molecular formula is C54H66BBrN10O8. The van der Waals surface area contributed by atoms with Gasteiger partial charge in [-0.25, -0.2) is 19.6 Å². The minimum absolute atomic E-state index is 0.310. The Balaban J connectivity index is 0.000000168. The lowest BCUT2D eigenvalue weighted by Crippen LogP contribution is -2.41. The monoisotopic (exact) mass is 1070 g/mol. The molecule has 4 aromatic heterocycles. The molecule has 3 aliphatic rings. The quantitative estimate of drug-likeness (QED) is 0.0869. The van der Waals surface area contributed by atoms with Gasteiger partial charge in [-0.3, -0.25) is 9.97 Å². The molecular weight excluding hydrogens is 1010 g/mol. The van der Waals surface area contributed by atoms with E-state index in [2.05, 4.69) is 125 Å². The van der Waals surface area contributed by atoms with Gasteiger partial charge in [-0.15, -0.1) is 0 Å². The fraction of sp³-hybridized carbons (Fsp3) is 0.407. The lowest BCUT2D eigenvalue weighted by atomic mass is 9.80. The molecule has 20 heteroatoms. The predicted molar refractivity (Wildman–Crippen MR) is 291 cm³/mol. The van der Waals surface area contributed by atoms with Crippen molar-refractivity contribution >= 4 is 75.4 Å². The zero-order valence-corrected chi connectivity index (χ0v) is 45.5. The fourth-order valence-electron chi connectivity index (χ4n) is 8.23. The highest BCUT2D eigenvalue weighted by Crippen LogP contribution is 2.37. The summed E-state index contributed by atoms with van der Waals surface area (Å²) < 4.78 is 33.8. The summed E-state index contributed by atoms with van der Waals surface area (Å²) in [5.41, 5.74) is 8.95. The largest absolute Gasteiger partial charge is 0.496 e. The molecule has 9 rings (SSSR count). The fourth-order valence-corrected chi connectivity index (χ4v) is 8.67. The molecule has 390 valence electrons. The number of carbonyl (C=O) groups excluding carboxylic acids is 2. The molecule has 0 spiro atoms. The third kappa shape index (κ3) is 14.6. The van der Waals surface area contributed by atoms with Crippen LogP contribution in [0.25, 0.3) is 11.1 Å². The van der Waals surface area contributed by atoms with Crippen LogP contribution < -0.4 is 25.9 Å². The number of benzene rings is 2. The van der Waals surface area contributed by atoms with Crippen molar-refractivity contribution in [1.29, 1.82) is 0 Å². The van der Waals surface area contributed by atoms with E-state index in [9.17, 15) is 9.59 Å². The van der Waals surface area contributed by atoms with E-state index in [4.69, 9.17) is 33.2 Å². The molecule has 2 N–H and O–H groups in total. The standard InChI is InChI=1S/C24H27N5O3.C16H19BrN4O.C14H20BNO4/c1-4-32-23(30)19-12-18(13-25-14-19)21-15-26-24(27-20-10-16(2)9-17(3)11-20)28-22(21)29-5-7-31-8-6-29;1-11-7-12(2)9-13(8-11)19-16-18-10-14(17)15(20-16)21-3-5-22-6-4-21;1-6-18-12(17)10-7-11(9-16-8-10)15-19-13(2,3)14(4,5)20-15/h9-15H,4-8H2,1-3H3,(H,26,27,28);7-10H,3-6H2,1-2H3,(H,18,19,20);7-9H,6H2,1-5H3. The van der Waals surface area contributed by atoms with E-state index in [1.807, 2.05) is 27.7 Å². The highest BCUT2D eigenvalue weighted by Gasteiger charge is 2.52. The number of rotatable bonds is 12. The molecule has 0 atom stereocenters. The van der Waals surface area contributed by atoms with Crippen molar-refractivity contribution in [2.24, 2.45) is 0 Å². The van der Waals surface area contributed by atoms with Crippen molar-refractivity contribution in [3.8, 4) is 11.1 Å². The maximum Gasteiger partial charge on any atom is 0.496 e. The van der Waals surface area contributed by atoms with Gasteiger partial charge in [0.25, 0.3) is 0 Å². The third-order valence-corrected chi connectivity index (χ3v) is 13.0. The van der Waals surface area contributed by atoms with Gasteiger partial charge in [0.05, 0.1) is 66.4 Å². The third-order valence-electron chi connectivity index (χ3n) is 12.4. The highest BCUT2D eigenvalue weighted by atomic mass is 79.9. The molecule has 0 radical (unpaired) electrons. The minimum atomic E-state index is -0.526. The van der Waals surface area contributed by atoms with Crippen molar-refractivity contribution in [2.75, 3.05) is 86.3 Å². The molecule has 3 saturated heterocycles. The number of morpholine rings is 2. The van der Waals surface area contributed by atoms with Crippen LogP contribution in [0.2, 0.25) is 0 Å². The Morgan fingerprint density at radius 2 is 1.05 bits per heavy atom. The number of carbonyl (C=O) groups is 2. The number of anilines is 6. The number of aryl methyl sites for hydroxylation is 4. The van der Waals surface area contributed by atoms with Crippen LogP contribution in [0.15, 0.2) is 90.2 Å². The zero-order valence-electron chi connectivity index (χ0n) is 44.0. The topological polar surface area (TPSA) is 197 Å². The van der Waals surface area contributed by atoms with Gasteiger partial charge >= 0.3 is 19.1 Å². The molecule has 18 nitrogen and oxygen atoms in total. The molecule has 2 aromatic carbocycles. The van der Waals surface area contributed by atoms with Crippen molar-refractivity contribution < 1.29 is 37.8 Å². The molecule has 0 saturated carbocycles. The number of hydrogen-bond donors (Lipinski definition) is 2. The van der Waals surface area contributed by atoms with E-state index in [1.165, 1.54) is 34.6 Å². The van der Waals surface area contributed by atoms with Gasteiger partial charge in [-0.2, -0.15) is 9.97 Å². The molecule has 3 aliphatic heterocycles. The number of nitrogens with one attached hydrogen (secondary N) is 2. The summed E-state index contributed by atoms with van der Waals surface area (Å²) in [5.74, 6) is 2.01. The molecule has 7 heterocycles. The lowest BCUT2D eigenvalue weighted by molar-refractivity contribution is 0.00578. The summed E-state index contributed by atoms with van der Waals surface area (Å²) >= 11 is 3.54. The zero-order chi connectivity index (χ0) is 53.0. The van der Waals surface area contributed by atoms with Gasteiger partial charge in [0.1, 0.15) is 11.6 Å². The maximum atomic E-state index is 12.2. The summed E-state index contributed by atoms with van der Waals surface area (Å²) in [5, 5.41) is 6.61. The van der Waals surface area contributed by atoms with Crippen LogP contribution in [0.3, 0.4) is 0 Å². The van der Waals surface area contributed by atoms with Gasteiger partial charge in [0.15, 0.2) is 0 Å². The molecule has 3 fully saturated rings. The summed E-state index contributed by atoms with van der Waals surface area (Å²) in [4.78, 5) is 55.0. The average Bonchev–Trinajstić information content (AvgIpc) is 3.60. The predicted octanol–water partition coefficient (Wildman–Crippen LogP) is 8.91. The number of ether oxygens (including phenoxy) is 4. The second-order valence-electron chi connectivity index (χ2n) is 19.0. The first-order valence-electron chi connectivity index (χ1n) is 24.8. The summed E-state index contributed by atoms with van der Waals surface area (Å²) in [6.07, 6.45) is 9.91. The van der Waals surface area contributed by atoms with Crippen LogP contribution in [0.5, 0.6) is 0 Å². The normalized spacial score (nSPS) is 15.7. The number of pyridine rings is 2. The van der Waals surface area contributed by atoms with Crippen LogP contribution in [0.1, 0.15) is 84.5 Å². The second kappa shape index (κ2) is 25.1. The van der Waals surface area contributed by atoms with Gasteiger partial charge in [-0.1, -0.05) is 12.1 Å². The lowest BCUT2D eigenvalue weighted by Gasteiger charge is -2.32. The first kappa shape index (κ1) is 55.2. The van der Waals surface area contributed by atoms with Gasteiger partial charge in [0, 0.05) is 91.3 Å². The summed E-state index contributed by atoms with van der Waals surface area (Å²) in [7, 11) is -0.526. The number of aromatic nitrogens is 6. The van der Waals surface area contributed by atoms with E-state index in [1.54, 1.807) is 50.8 Å². The molecule has 0 aliphatic carbocycles. The minimum Gasteiger partial charge on any atom is -0.462 e. The van der Waals surface area contributed by atoms with Crippen LogP contribution >= 0.6 is 15.9 Å². The van der Waals surface area contributed by atoms with E-state index in [0.29, 0.717) is 54.9 Å². The van der Waals surface area contributed by atoms with E-state index >= 15 is 0 Å². The average molecular weight is 1070 g/mol. The molecule has 0 unspecified atom stereocenters. The van der Waals surface area contributed by atoms with Crippen molar-refractivity contribution in [3.63, 3.8) is 0 Å². The Bertz CT molecular complexity index is 2840. The Morgan fingerprint density at radius 1 is 0.608 bits per heavy atom. The first-order valence-corrected chi connectivity index (χ1v) is 25.6. The summed E-state index contributed by atoms with van der Waals surface area (Å²) in [6, 6.07) is 16.0. The van der Waals surface area contributed by atoms with Gasteiger partial charge in [-0.05, 0) is 144 Å². The Labute approximate surface area is 442 Å². The summed E-state index contributed by atoms with van der Waals surface area (Å²) in [6.45, 7) is 26.3. The van der Waals surface area contributed by atoms with Crippen molar-refractivity contribution in [1.82, 2.24) is 29.9 Å². The van der Waals surface area contributed by atoms with E-state index in [0.717, 1.165) is 78.0 Å². The number of halogens is 1. The van der Waals surface area contributed by atoms with Crippen LogP contribution in [0.4, 0.5) is 34.9 Å². The molecule has 0 bridgehead atoms. The van der Waals surface area contributed by atoms with Gasteiger partial charge in [0.2, 0.25) is 11.9 Å². The maximum absolute atomic E-state index is 12.2. The van der Waals surface area contributed by atoms with E-state index in [-0.39, 0.29) is 0 Å². The van der Waals surface area contributed by atoms with E-state index < -0.39 is 30.3 Å². The Kier molecular flexibility index (Phi) is 18.7. The smallest absolute Gasteiger partial charge is 0.462 e. The van der Waals surface area contributed by atoms with Crippen molar-refractivity contribution in [3.05, 3.63) is 124 Å². The SMILES string of the molecule is CCOC(=O)c1cncc(-c2cnc(Nc3cc(C)cc(C)c3)nc2N2CCOCC2)c1.CCOC(=O)c1cncc(B2OC(C)(C)C(C)(C)O2)c1.Cc1cc(C)cc(Nc2ncc(Br)c(N3CCOCC3)n2)c1. The van der Waals surface area contributed by atoms with Crippen molar-refractivity contribution in [2.45, 2.75) is 80.4 Å². The molecule has 74 heavy (non-hydrogen) atoms.